The van der Waals surface area contributed by atoms with Gasteiger partial charge < -0.3 is 10.6 Å². The van der Waals surface area contributed by atoms with Crippen molar-refractivity contribution >= 4 is 11.4 Å². The van der Waals surface area contributed by atoms with Crippen LogP contribution in [0.25, 0.3) is 0 Å². The zero-order chi connectivity index (χ0) is 16.5. The molecule has 2 heterocycles. The maximum atomic E-state index is 5.66. The fourth-order valence-electron chi connectivity index (χ4n) is 3.20. The number of nitrogens with zero attached hydrogens (tertiary/aromatic N) is 3. The third kappa shape index (κ3) is 6.16. The molecule has 2 aliphatic rings. The van der Waals surface area contributed by atoms with Gasteiger partial charge in [-0.25, -0.2) is 0 Å². The number of fused-ring (bicyclic) bond motifs is 2. The molecular formula is C18H33N5. The van der Waals surface area contributed by atoms with E-state index >= 15 is 0 Å². The minimum atomic E-state index is 0.259. The van der Waals surface area contributed by atoms with Crippen LogP contribution in [0.15, 0.2) is 22.1 Å². The Hall–Kier alpha value is -1.04. The second-order valence-electron chi connectivity index (χ2n) is 6.60. The first-order chi connectivity index (χ1) is 11.2. The molecule has 0 aromatic heterocycles. The Morgan fingerprint density at radius 1 is 1.17 bits per heavy atom. The van der Waals surface area contributed by atoms with Crippen molar-refractivity contribution in [1.29, 1.82) is 0 Å². The molecule has 2 aliphatic heterocycles. The van der Waals surface area contributed by atoms with Crippen LogP contribution in [0.4, 0.5) is 0 Å². The van der Waals surface area contributed by atoms with Crippen molar-refractivity contribution in [2.45, 2.75) is 51.6 Å². The first-order valence-electron chi connectivity index (χ1n) is 9.07. The van der Waals surface area contributed by atoms with E-state index in [1.54, 1.807) is 0 Å². The van der Waals surface area contributed by atoms with Gasteiger partial charge in [-0.3, -0.25) is 15.3 Å². The lowest BCUT2D eigenvalue weighted by Crippen LogP contribution is -2.47. The summed E-state index contributed by atoms with van der Waals surface area (Å²) >= 11 is 0. The molecule has 0 radical (unpaired) electrons. The molecule has 0 aromatic carbocycles. The first kappa shape index (κ1) is 18.3. The van der Waals surface area contributed by atoms with Gasteiger partial charge in [0.25, 0.3) is 0 Å². The van der Waals surface area contributed by atoms with Gasteiger partial charge in [0.05, 0.1) is 6.04 Å². The highest BCUT2D eigenvalue weighted by Crippen LogP contribution is 2.09. The predicted octanol–water partition coefficient (Wildman–Crippen LogP) is 1.64. The summed E-state index contributed by atoms with van der Waals surface area (Å²) in [4.78, 5) is 12.1. The Morgan fingerprint density at radius 3 is 2.57 bits per heavy atom. The SMILES string of the molecule is CC1=NCCCN(CCCN)CCCN=C(C)C2CC=CC1N2. The van der Waals surface area contributed by atoms with Gasteiger partial charge in [-0.05, 0) is 65.7 Å². The molecule has 130 valence electrons. The standard InChI is InChI=1S/C18H33N5/c1-15-17-7-3-8-18(22-17)16(2)21-11-6-14-23(12-4-9-19)13-5-10-20-15/h3,7,17-18,22H,4-6,8-14,19H2,1-2H3. The summed E-state index contributed by atoms with van der Waals surface area (Å²) in [5.74, 6) is 0. The Balaban J connectivity index is 2.02. The van der Waals surface area contributed by atoms with E-state index in [9.17, 15) is 0 Å². The number of hydrogen-bond acceptors (Lipinski definition) is 5. The number of hydrogen-bond donors (Lipinski definition) is 2. The molecule has 5 heteroatoms. The number of nitrogens with one attached hydrogen (secondary N) is 1. The van der Waals surface area contributed by atoms with E-state index in [-0.39, 0.29) is 6.04 Å². The summed E-state index contributed by atoms with van der Waals surface area (Å²) in [6.45, 7) is 10.2. The van der Waals surface area contributed by atoms with E-state index < -0.39 is 0 Å². The quantitative estimate of drug-likeness (QED) is 0.777. The number of nitrogens with two attached hydrogens (primary N) is 1. The first-order valence-corrected chi connectivity index (χ1v) is 9.07. The van der Waals surface area contributed by atoms with Crippen molar-refractivity contribution in [3.8, 4) is 0 Å². The zero-order valence-corrected chi connectivity index (χ0v) is 14.8. The van der Waals surface area contributed by atoms with E-state index in [0.717, 1.165) is 65.0 Å². The molecular weight excluding hydrogens is 286 g/mol. The predicted molar refractivity (Wildman–Crippen MR) is 99.8 cm³/mol. The topological polar surface area (TPSA) is 66.0 Å². The normalized spacial score (nSPS) is 28.0. The van der Waals surface area contributed by atoms with Gasteiger partial charge in [-0.1, -0.05) is 12.2 Å². The molecule has 2 atom stereocenters. The Bertz CT molecular complexity index is 441. The molecule has 23 heavy (non-hydrogen) atoms. The highest BCUT2D eigenvalue weighted by Gasteiger charge is 2.20. The monoisotopic (exact) mass is 319 g/mol. The van der Waals surface area contributed by atoms with E-state index in [1.807, 2.05) is 0 Å². The Morgan fingerprint density at radius 2 is 1.87 bits per heavy atom. The lowest BCUT2D eigenvalue weighted by atomic mass is 10.00. The van der Waals surface area contributed by atoms with Gasteiger partial charge >= 0.3 is 0 Å². The van der Waals surface area contributed by atoms with Crippen LogP contribution in [0.5, 0.6) is 0 Å². The molecule has 0 aliphatic carbocycles. The van der Waals surface area contributed by atoms with Gasteiger partial charge in [0.15, 0.2) is 0 Å². The minimum absolute atomic E-state index is 0.259. The van der Waals surface area contributed by atoms with Crippen LogP contribution in [0.2, 0.25) is 0 Å². The van der Waals surface area contributed by atoms with E-state index in [1.165, 1.54) is 11.4 Å². The maximum absolute atomic E-state index is 5.66. The van der Waals surface area contributed by atoms with Crippen LogP contribution < -0.4 is 11.1 Å². The minimum Gasteiger partial charge on any atom is -0.330 e. The van der Waals surface area contributed by atoms with Crippen molar-refractivity contribution in [3.05, 3.63) is 12.2 Å². The fraction of sp³-hybridized carbons (Fsp3) is 0.778. The van der Waals surface area contributed by atoms with E-state index in [0.29, 0.717) is 6.04 Å². The van der Waals surface area contributed by atoms with Gasteiger partial charge in [0.2, 0.25) is 0 Å². The lowest BCUT2D eigenvalue weighted by molar-refractivity contribution is 0.268. The van der Waals surface area contributed by atoms with Crippen LogP contribution in [0, 0.1) is 0 Å². The summed E-state index contributed by atoms with van der Waals surface area (Å²) in [6.07, 6.45) is 8.85. The Kier molecular flexibility index (Phi) is 7.92. The third-order valence-corrected chi connectivity index (χ3v) is 4.70. The summed E-state index contributed by atoms with van der Waals surface area (Å²) in [5, 5.41) is 3.67. The fourth-order valence-corrected chi connectivity index (χ4v) is 3.20. The number of rotatable bonds is 3. The van der Waals surface area contributed by atoms with Crippen LogP contribution in [0.1, 0.15) is 39.5 Å². The molecule has 0 fully saturated rings. The second-order valence-corrected chi connectivity index (χ2v) is 6.60. The van der Waals surface area contributed by atoms with Crippen molar-refractivity contribution in [1.82, 2.24) is 10.2 Å². The van der Waals surface area contributed by atoms with E-state index in [4.69, 9.17) is 15.7 Å². The van der Waals surface area contributed by atoms with Crippen LogP contribution in [-0.4, -0.2) is 67.7 Å². The summed E-state index contributed by atoms with van der Waals surface area (Å²) < 4.78 is 0. The third-order valence-electron chi connectivity index (χ3n) is 4.70. The van der Waals surface area contributed by atoms with Crippen molar-refractivity contribution in [2.75, 3.05) is 39.3 Å². The van der Waals surface area contributed by atoms with Crippen LogP contribution >= 0.6 is 0 Å². The van der Waals surface area contributed by atoms with Gasteiger partial charge in [-0.15, -0.1) is 0 Å². The van der Waals surface area contributed by atoms with E-state index in [2.05, 4.69) is 36.2 Å². The molecule has 0 saturated heterocycles. The smallest absolute Gasteiger partial charge is 0.0639 e. The van der Waals surface area contributed by atoms with Crippen molar-refractivity contribution in [3.63, 3.8) is 0 Å². The summed E-state index contributed by atoms with van der Waals surface area (Å²) in [5.41, 5.74) is 8.06. The molecule has 5 nitrogen and oxygen atoms in total. The van der Waals surface area contributed by atoms with Crippen LogP contribution in [0.3, 0.4) is 0 Å². The van der Waals surface area contributed by atoms with Gasteiger partial charge in [-0.2, -0.15) is 0 Å². The molecule has 2 bridgehead atoms. The molecule has 0 aromatic rings. The maximum Gasteiger partial charge on any atom is 0.0639 e. The number of aliphatic imine (C=N–C) groups is 2. The Labute approximate surface area is 141 Å². The van der Waals surface area contributed by atoms with Crippen molar-refractivity contribution < 1.29 is 0 Å². The van der Waals surface area contributed by atoms with Crippen molar-refractivity contribution in [2.24, 2.45) is 15.7 Å². The summed E-state index contributed by atoms with van der Waals surface area (Å²) in [7, 11) is 0. The molecule has 0 saturated carbocycles. The highest BCUT2D eigenvalue weighted by molar-refractivity contribution is 5.92. The average Bonchev–Trinajstić information content (AvgIpc) is 2.58. The molecule has 2 unspecified atom stereocenters. The van der Waals surface area contributed by atoms with Crippen LogP contribution in [-0.2, 0) is 0 Å². The molecule has 0 spiro atoms. The lowest BCUT2D eigenvalue weighted by Gasteiger charge is -2.28. The summed E-state index contributed by atoms with van der Waals surface area (Å²) in [6, 6.07) is 0.613. The van der Waals surface area contributed by atoms with Gasteiger partial charge in [0.1, 0.15) is 0 Å². The largest absolute Gasteiger partial charge is 0.330 e. The molecule has 3 N–H and O–H groups in total. The molecule has 0 amide bonds. The highest BCUT2D eigenvalue weighted by atomic mass is 15.1. The van der Waals surface area contributed by atoms with Gasteiger partial charge in [0, 0.05) is 30.6 Å². The second kappa shape index (κ2) is 9.96. The molecule has 2 rings (SSSR count). The zero-order valence-electron chi connectivity index (χ0n) is 14.8. The average molecular weight is 319 g/mol.